The molecule has 24 heavy (non-hydrogen) atoms. The van der Waals surface area contributed by atoms with Gasteiger partial charge >= 0.3 is 0 Å². The number of anilines is 1. The van der Waals surface area contributed by atoms with Crippen molar-refractivity contribution in [1.29, 1.82) is 0 Å². The summed E-state index contributed by atoms with van der Waals surface area (Å²) in [4.78, 5) is 12.5. The lowest BCUT2D eigenvalue weighted by molar-refractivity contribution is -0.115. The Bertz CT molecular complexity index is 783. The maximum Gasteiger partial charge on any atom is 0.228 e. The molecule has 4 rings (SSSR count). The van der Waals surface area contributed by atoms with Gasteiger partial charge in [0.1, 0.15) is 11.5 Å². The molecule has 1 N–H and O–H groups in total. The molecule has 0 spiro atoms. The van der Waals surface area contributed by atoms with Gasteiger partial charge in [0.2, 0.25) is 5.91 Å². The van der Waals surface area contributed by atoms with Crippen LogP contribution in [0.1, 0.15) is 16.7 Å². The number of benzene rings is 2. The molecule has 2 heterocycles. The molecule has 124 valence electrons. The first kappa shape index (κ1) is 15.6. The van der Waals surface area contributed by atoms with Crippen LogP contribution in [-0.4, -0.2) is 19.1 Å². The largest absolute Gasteiger partial charge is 0.493 e. The summed E-state index contributed by atoms with van der Waals surface area (Å²) in [5, 5.41) is 3.82. The van der Waals surface area contributed by atoms with Crippen molar-refractivity contribution in [2.24, 2.45) is 0 Å². The van der Waals surface area contributed by atoms with Crippen molar-refractivity contribution in [2.75, 3.05) is 18.5 Å². The molecular formula is C18H15Cl2NO3. The van der Waals surface area contributed by atoms with Crippen LogP contribution < -0.4 is 14.8 Å². The minimum Gasteiger partial charge on any atom is -0.493 e. The van der Waals surface area contributed by atoms with Crippen LogP contribution in [0.15, 0.2) is 24.3 Å². The first-order valence-corrected chi connectivity index (χ1v) is 8.55. The van der Waals surface area contributed by atoms with Crippen molar-refractivity contribution in [3.63, 3.8) is 0 Å². The van der Waals surface area contributed by atoms with Gasteiger partial charge in [0.15, 0.2) is 0 Å². The van der Waals surface area contributed by atoms with E-state index in [1.165, 1.54) is 0 Å². The van der Waals surface area contributed by atoms with Crippen LogP contribution in [0.3, 0.4) is 0 Å². The Balaban J connectivity index is 1.60. The van der Waals surface area contributed by atoms with Crippen LogP contribution in [0, 0.1) is 0 Å². The molecule has 0 radical (unpaired) electrons. The van der Waals surface area contributed by atoms with Gasteiger partial charge in [-0.1, -0.05) is 23.2 Å². The van der Waals surface area contributed by atoms with Crippen molar-refractivity contribution in [3.8, 4) is 11.5 Å². The molecule has 1 amide bonds. The van der Waals surface area contributed by atoms with Crippen molar-refractivity contribution in [3.05, 3.63) is 51.0 Å². The monoisotopic (exact) mass is 363 g/mol. The summed E-state index contributed by atoms with van der Waals surface area (Å²) in [5.41, 5.74) is 3.71. The first-order chi connectivity index (χ1) is 11.6. The Morgan fingerprint density at radius 2 is 1.79 bits per heavy atom. The predicted molar refractivity (Wildman–Crippen MR) is 93.6 cm³/mol. The number of amides is 1. The summed E-state index contributed by atoms with van der Waals surface area (Å²) in [6.07, 6.45) is 1.89. The Labute approximate surface area is 149 Å². The van der Waals surface area contributed by atoms with Crippen molar-refractivity contribution in [1.82, 2.24) is 0 Å². The molecule has 0 saturated heterocycles. The van der Waals surface area contributed by atoms with Crippen LogP contribution in [0.2, 0.25) is 10.0 Å². The normalized spacial score (nSPS) is 14.6. The van der Waals surface area contributed by atoms with Gasteiger partial charge in [0.25, 0.3) is 0 Å². The summed E-state index contributed by atoms with van der Waals surface area (Å²) >= 11 is 11.9. The molecule has 2 aromatic carbocycles. The average molecular weight is 364 g/mol. The second kappa shape index (κ2) is 6.19. The number of ether oxygens (including phenoxy) is 2. The van der Waals surface area contributed by atoms with E-state index in [1.807, 2.05) is 6.07 Å². The van der Waals surface area contributed by atoms with Gasteiger partial charge in [0.05, 0.1) is 19.6 Å². The molecule has 0 unspecified atom stereocenters. The topological polar surface area (TPSA) is 47.6 Å². The summed E-state index contributed by atoms with van der Waals surface area (Å²) in [6.45, 7) is 1.30. The van der Waals surface area contributed by atoms with Crippen molar-refractivity contribution in [2.45, 2.75) is 19.3 Å². The quantitative estimate of drug-likeness (QED) is 0.894. The van der Waals surface area contributed by atoms with Crippen LogP contribution in [-0.2, 0) is 24.1 Å². The SMILES string of the molecule is O=C(Cc1c2c(cc3c1OCC3)OCC2)Nc1cc(Cl)cc(Cl)c1. The summed E-state index contributed by atoms with van der Waals surface area (Å²) in [7, 11) is 0. The number of halogens is 2. The van der Waals surface area contributed by atoms with Gasteiger partial charge in [-0.3, -0.25) is 4.79 Å². The van der Waals surface area contributed by atoms with Crippen LogP contribution in [0.5, 0.6) is 11.5 Å². The van der Waals surface area contributed by atoms with E-state index in [2.05, 4.69) is 5.32 Å². The average Bonchev–Trinajstić information content (AvgIpc) is 3.14. The highest BCUT2D eigenvalue weighted by atomic mass is 35.5. The van der Waals surface area contributed by atoms with Crippen molar-refractivity contribution < 1.29 is 14.3 Å². The minimum atomic E-state index is -0.133. The molecule has 2 aliphatic heterocycles. The zero-order valence-corrected chi connectivity index (χ0v) is 14.3. The zero-order chi connectivity index (χ0) is 16.7. The first-order valence-electron chi connectivity index (χ1n) is 7.79. The van der Waals surface area contributed by atoms with Gasteiger partial charge in [-0.05, 0) is 24.3 Å². The molecule has 0 fully saturated rings. The lowest BCUT2D eigenvalue weighted by Gasteiger charge is -2.13. The smallest absolute Gasteiger partial charge is 0.228 e. The van der Waals surface area contributed by atoms with Gasteiger partial charge < -0.3 is 14.8 Å². The summed E-state index contributed by atoms with van der Waals surface area (Å²) < 4.78 is 11.4. The number of hydrogen-bond donors (Lipinski definition) is 1. The fraction of sp³-hybridized carbons (Fsp3) is 0.278. The van der Waals surface area contributed by atoms with E-state index in [-0.39, 0.29) is 12.3 Å². The lowest BCUT2D eigenvalue weighted by atomic mass is 9.97. The number of rotatable bonds is 3. The molecule has 0 saturated carbocycles. The molecule has 0 aromatic heterocycles. The highest BCUT2D eigenvalue weighted by Crippen LogP contribution is 2.40. The standard InChI is InChI=1S/C18H15Cl2NO3/c19-11-6-12(20)8-13(7-11)21-17(22)9-15-14-2-4-23-16(14)5-10-1-3-24-18(10)15/h5-8H,1-4,9H2,(H,21,22). The molecular weight excluding hydrogens is 349 g/mol. The fourth-order valence-corrected chi connectivity index (χ4v) is 3.79. The third kappa shape index (κ3) is 2.92. The maximum atomic E-state index is 12.5. The molecule has 4 nitrogen and oxygen atoms in total. The fourth-order valence-electron chi connectivity index (χ4n) is 3.26. The molecule has 2 aromatic rings. The molecule has 2 aliphatic rings. The summed E-state index contributed by atoms with van der Waals surface area (Å²) in [6, 6.07) is 7.01. The number of fused-ring (bicyclic) bond motifs is 2. The molecule has 6 heteroatoms. The Hall–Kier alpha value is -1.91. The third-order valence-corrected chi connectivity index (χ3v) is 4.68. The Kier molecular flexibility index (Phi) is 4.02. The molecule has 0 aliphatic carbocycles. The van der Waals surface area contributed by atoms with E-state index in [9.17, 15) is 4.79 Å². The van der Waals surface area contributed by atoms with Crippen LogP contribution in [0.25, 0.3) is 0 Å². The maximum absolute atomic E-state index is 12.5. The highest BCUT2D eigenvalue weighted by molar-refractivity contribution is 6.35. The highest BCUT2D eigenvalue weighted by Gasteiger charge is 2.27. The lowest BCUT2D eigenvalue weighted by Crippen LogP contribution is -2.16. The van der Waals surface area contributed by atoms with Crippen LogP contribution in [0.4, 0.5) is 5.69 Å². The van der Waals surface area contributed by atoms with Gasteiger partial charge in [0, 0.05) is 45.3 Å². The zero-order valence-electron chi connectivity index (χ0n) is 12.8. The van der Waals surface area contributed by atoms with Gasteiger partial charge in [-0.15, -0.1) is 0 Å². The molecule has 0 bridgehead atoms. The predicted octanol–water partition coefficient (Wildman–Crippen LogP) is 4.04. The second-order valence-electron chi connectivity index (χ2n) is 5.90. The Morgan fingerprint density at radius 3 is 2.58 bits per heavy atom. The van der Waals surface area contributed by atoms with Crippen LogP contribution >= 0.6 is 23.2 Å². The third-order valence-electron chi connectivity index (χ3n) is 4.24. The van der Waals surface area contributed by atoms with Gasteiger partial charge in [-0.25, -0.2) is 0 Å². The minimum absolute atomic E-state index is 0.133. The number of carbonyl (C=O) groups excluding carboxylic acids is 1. The van der Waals surface area contributed by atoms with Gasteiger partial charge in [-0.2, -0.15) is 0 Å². The van der Waals surface area contributed by atoms with E-state index in [1.54, 1.807) is 18.2 Å². The Morgan fingerprint density at radius 1 is 1.04 bits per heavy atom. The van der Waals surface area contributed by atoms with E-state index < -0.39 is 0 Å². The number of nitrogens with one attached hydrogen (secondary N) is 1. The van der Waals surface area contributed by atoms with E-state index >= 15 is 0 Å². The van der Waals surface area contributed by atoms with E-state index in [0.717, 1.165) is 41.0 Å². The number of carbonyl (C=O) groups is 1. The van der Waals surface area contributed by atoms with E-state index in [4.69, 9.17) is 32.7 Å². The van der Waals surface area contributed by atoms with E-state index in [0.29, 0.717) is 28.9 Å². The summed E-state index contributed by atoms with van der Waals surface area (Å²) in [5.74, 6) is 1.60. The molecule has 0 atom stereocenters. The number of hydrogen-bond acceptors (Lipinski definition) is 3. The second-order valence-corrected chi connectivity index (χ2v) is 6.77. The van der Waals surface area contributed by atoms with Crippen molar-refractivity contribution >= 4 is 34.8 Å².